The smallest absolute Gasteiger partial charge is 0.117 e. The molecule has 1 radical (unpaired) electrons. The first kappa shape index (κ1) is 15.7. The fourth-order valence-corrected chi connectivity index (χ4v) is 4.01. The summed E-state index contributed by atoms with van der Waals surface area (Å²) in [5, 5.41) is 0. The van der Waals surface area contributed by atoms with Gasteiger partial charge in [-0.3, -0.25) is 0 Å². The molecular formula is C21H15FIrN-. The molecule has 24 heavy (non-hydrogen) atoms. The van der Waals surface area contributed by atoms with Crippen molar-refractivity contribution in [2.75, 3.05) is 0 Å². The van der Waals surface area contributed by atoms with Crippen LogP contribution in [0.15, 0.2) is 42.6 Å². The van der Waals surface area contributed by atoms with Crippen LogP contribution >= 0.6 is 0 Å². The number of rotatable bonds is 1. The average molecular weight is 493 g/mol. The summed E-state index contributed by atoms with van der Waals surface area (Å²) in [6.07, 6.45) is 5.70. The topological polar surface area (TPSA) is 12.9 Å². The van der Waals surface area contributed by atoms with E-state index in [-0.39, 0.29) is 25.9 Å². The summed E-state index contributed by atoms with van der Waals surface area (Å²) in [6, 6.07) is 15.2. The van der Waals surface area contributed by atoms with Crippen LogP contribution < -0.4 is 0 Å². The van der Waals surface area contributed by atoms with Gasteiger partial charge in [0.1, 0.15) is 5.82 Å². The van der Waals surface area contributed by atoms with Gasteiger partial charge in [0.05, 0.1) is 0 Å². The molecule has 0 aliphatic heterocycles. The first-order valence-electron chi connectivity index (χ1n) is 8.11. The van der Waals surface area contributed by atoms with Gasteiger partial charge in [-0.2, -0.15) is 0 Å². The molecule has 0 atom stereocenters. The van der Waals surface area contributed by atoms with Gasteiger partial charge in [-0.05, 0) is 54.6 Å². The SMILES string of the molecule is Fc1ccnc(-c2[c-]c3c4c(c2)CCc2cccc(c2-4)CC3)c1.[Ir]. The van der Waals surface area contributed by atoms with Crippen LogP contribution in [0.5, 0.6) is 0 Å². The molecule has 0 N–H and O–H groups in total. The van der Waals surface area contributed by atoms with Gasteiger partial charge in [0.2, 0.25) is 0 Å². The number of pyridine rings is 1. The van der Waals surface area contributed by atoms with Crippen LogP contribution in [-0.4, -0.2) is 4.98 Å². The third kappa shape index (κ3) is 2.35. The van der Waals surface area contributed by atoms with E-state index in [4.69, 9.17) is 0 Å². The Kier molecular flexibility index (Phi) is 3.86. The Morgan fingerprint density at radius 3 is 2.42 bits per heavy atom. The summed E-state index contributed by atoms with van der Waals surface area (Å²) >= 11 is 0. The van der Waals surface area contributed by atoms with Crippen LogP contribution in [0.1, 0.15) is 22.3 Å². The van der Waals surface area contributed by atoms with Crippen molar-refractivity contribution in [1.29, 1.82) is 0 Å². The van der Waals surface area contributed by atoms with Crippen LogP contribution in [0.2, 0.25) is 0 Å². The van der Waals surface area contributed by atoms with Crippen molar-refractivity contribution in [2.24, 2.45) is 0 Å². The Hall–Kier alpha value is -1.83. The molecule has 0 unspecified atom stereocenters. The molecule has 2 aliphatic carbocycles. The summed E-state index contributed by atoms with van der Waals surface area (Å²) < 4.78 is 13.5. The first-order chi connectivity index (χ1) is 11.3. The van der Waals surface area contributed by atoms with Crippen molar-refractivity contribution >= 4 is 0 Å². The molecule has 0 spiro atoms. The van der Waals surface area contributed by atoms with E-state index in [0.29, 0.717) is 5.69 Å². The monoisotopic (exact) mass is 493 g/mol. The second-order valence-electron chi connectivity index (χ2n) is 6.37. The molecule has 0 saturated carbocycles. The molecule has 2 aromatic carbocycles. The molecule has 0 amide bonds. The van der Waals surface area contributed by atoms with E-state index < -0.39 is 0 Å². The molecule has 1 heterocycles. The molecule has 121 valence electrons. The fourth-order valence-electron chi connectivity index (χ4n) is 4.01. The van der Waals surface area contributed by atoms with Crippen LogP contribution in [0.4, 0.5) is 4.39 Å². The molecule has 1 nitrogen and oxygen atoms in total. The van der Waals surface area contributed by atoms with Gasteiger partial charge in [-0.1, -0.05) is 29.3 Å². The summed E-state index contributed by atoms with van der Waals surface area (Å²) in [5.41, 5.74) is 9.96. The van der Waals surface area contributed by atoms with Crippen molar-refractivity contribution in [2.45, 2.75) is 25.7 Å². The molecule has 0 fully saturated rings. The molecule has 0 saturated heterocycles. The zero-order chi connectivity index (χ0) is 15.4. The predicted octanol–water partition coefficient (Wildman–Crippen LogP) is 4.55. The summed E-state index contributed by atoms with van der Waals surface area (Å²) in [5.74, 6) is -0.248. The maximum atomic E-state index is 13.5. The van der Waals surface area contributed by atoms with Gasteiger partial charge in [-0.15, -0.1) is 28.8 Å². The zero-order valence-corrected chi connectivity index (χ0v) is 15.4. The van der Waals surface area contributed by atoms with Crippen molar-refractivity contribution in [3.8, 4) is 22.4 Å². The minimum atomic E-state index is -0.248. The minimum absolute atomic E-state index is 0. The zero-order valence-electron chi connectivity index (χ0n) is 13.0. The summed E-state index contributed by atoms with van der Waals surface area (Å²) in [7, 11) is 0. The molecular weight excluding hydrogens is 477 g/mol. The number of hydrogen-bond acceptors (Lipinski definition) is 1. The maximum absolute atomic E-state index is 13.5. The van der Waals surface area contributed by atoms with E-state index in [2.05, 4.69) is 35.3 Å². The third-order valence-electron chi connectivity index (χ3n) is 5.02. The standard InChI is InChI=1S/C21H15FN.Ir/c22-18-8-9-23-19(12-18)17-10-15-6-4-13-2-1-3-14-5-7-16(11-17)21(15)20(13)14;/h1-3,8-10,12H,4-7H2;/q-1;. The number of aromatic nitrogens is 1. The normalized spacial score (nSPS) is 13.9. The summed E-state index contributed by atoms with van der Waals surface area (Å²) in [6.45, 7) is 0. The van der Waals surface area contributed by atoms with E-state index in [1.165, 1.54) is 51.7 Å². The Balaban J connectivity index is 0.00000146. The van der Waals surface area contributed by atoms with Gasteiger partial charge in [0, 0.05) is 26.3 Å². The molecule has 5 rings (SSSR count). The Bertz CT molecular complexity index is 901. The Morgan fingerprint density at radius 2 is 1.62 bits per heavy atom. The average Bonchev–Trinajstić information content (AvgIpc) is 2.59. The van der Waals surface area contributed by atoms with E-state index in [9.17, 15) is 4.39 Å². The summed E-state index contributed by atoms with van der Waals surface area (Å²) in [4.78, 5) is 4.32. The van der Waals surface area contributed by atoms with Gasteiger partial charge in [0.15, 0.2) is 0 Å². The predicted molar refractivity (Wildman–Crippen MR) is 88.7 cm³/mol. The van der Waals surface area contributed by atoms with Crippen molar-refractivity contribution in [3.05, 3.63) is 76.7 Å². The van der Waals surface area contributed by atoms with Crippen LogP contribution in [0, 0.1) is 11.9 Å². The number of halogens is 1. The molecule has 0 bridgehead atoms. The van der Waals surface area contributed by atoms with Crippen molar-refractivity contribution < 1.29 is 24.5 Å². The Labute approximate surface area is 154 Å². The van der Waals surface area contributed by atoms with E-state index in [1.807, 2.05) is 0 Å². The maximum Gasteiger partial charge on any atom is 0.117 e. The van der Waals surface area contributed by atoms with Gasteiger partial charge >= 0.3 is 0 Å². The number of benzene rings is 2. The van der Waals surface area contributed by atoms with Crippen molar-refractivity contribution in [1.82, 2.24) is 4.98 Å². The Morgan fingerprint density at radius 1 is 0.875 bits per heavy atom. The number of hydrogen-bond donors (Lipinski definition) is 0. The molecule has 3 heteroatoms. The quantitative estimate of drug-likeness (QED) is 0.455. The van der Waals surface area contributed by atoms with Gasteiger partial charge < -0.3 is 4.98 Å². The van der Waals surface area contributed by atoms with Crippen LogP contribution in [0.25, 0.3) is 22.4 Å². The number of nitrogens with zero attached hydrogens (tertiary/aromatic N) is 1. The van der Waals surface area contributed by atoms with E-state index >= 15 is 0 Å². The minimum Gasteiger partial charge on any atom is -0.305 e. The van der Waals surface area contributed by atoms with Crippen LogP contribution in [-0.2, 0) is 45.8 Å². The van der Waals surface area contributed by atoms with Gasteiger partial charge in [-0.25, -0.2) is 4.39 Å². The van der Waals surface area contributed by atoms with Gasteiger partial charge in [0.25, 0.3) is 0 Å². The third-order valence-corrected chi connectivity index (χ3v) is 5.02. The largest absolute Gasteiger partial charge is 0.305 e. The number of aryl methyl sites for hydroxylation is 4. The molecule has 3 aromatic rings. The van der Waals surface area contributed by atoms with E-state index in [1.54, 1.807) is 0 Å². The first-order valence-corrected chi connectivity index (χ1v) is 8.11. The van der Waals surface area contributed by atoms with Crippen molar-refractivity contribution in [3.63, 3.8) is 0 Å². The van der Waals surface area contributed by atoms with Crippen LogP contribution in [0.3, 0.4) is 0 Å². The second kappa shape index (κ2) is 5.91. The molecule has 2 aliphatic rings. The molecule has 1 aromatic heterocycles. The van der Waals surface area contributed by atoms with E-state index in [0.717, 1.165) is 31.2 Å². The second-order valence-corrected chi connectivity index (χ2v) is 6.37. The fraction of sp³-hybridized carbons (Fsp3) is 0.190.